The average Bonchev–Trinajstić information content (AvgIpc) is 2.83. The summed E-state index contributed by atoms with van der Waals surface area (Å²) in [7, 11) is 0. The van der Waals surface area contributed by atoms with Gasteiger partial charge in [0, 0.05) is 40.9 Å². The Hall–Kier alpha value is -2.93. The number of morpholine rings is 1. The number of halogens is 2. The SMILES string of the molecule is O=C(O)c1cc(NCc2ccc(OCc3ccc(Cl)cc3Cl)cc2)ccc1N1CCOCC1. The fourth-order valence-electron chi connectivity index (χ4n) is 3.60. The van der Waals surface area contributed by atoms with Gasteiger partial charge in [-0.1, -0.05) is 41.4 Å². The molecule has 4 rings (SSSR count). The van der Waals surface area contributed by atoms with Crippen molar-refractivity contribution in [2.45, 2.75) is 13.2 Å². The van der Waals surface area contributed by atoms with Crippen LogP contribution in [0.5, 0.6) is 5.75 Å². The number of hydrogen-bond donors (Lipinski definition) is 2. The first-order chi connectivity index (χ1) is 16.0. The molecule has 3 aromatic rings. The zero-order valence-corrected chi connectivity index (χ0v) is 19.4. The quantitative estimate of drug-likeness (QED) is 0.424. The molecule has 6 nitrogen and oxygen atoms in total. The van der Waals surface area contributed by atoms with Crippen LogP contribution in [0.2, 0.25) is 10.0 Å². The first-order valence-electron chi connectivity index (χ1n) is 10.6. The Bertz CT molecular complexity index is 1120. The van der Waals surface area contributed by atoms with Gasteiger partial charge in [0.15, 0.2) is 0 Å². The summed E-state index contributed by atoms with van der Waals surface area (Å²) in [5, 5.41) is 14.1. The molecule has 0 amide bonds. The molecule has 1 aliphatic heterocycles. The minimum absolute atomic E-state index is 0.284. The summed E-state index contributed by atoms with van der Waals surface area (Å²) in [5.74, 6) is -0.213. The highest BCUT2D eigenvalue weighted by molar-refractivity contribution is 6.35. The molecule has 0 aromatic heterocycles. The number of nitrogens with zero attached hydrogens (tertiary/aromatic N) is 1. The minimum Gasteiger partial charge on any atom is -0.489 e. The van der Waals surface area contributed by atoms with Crippen molar-refractivity contribution in [3.8, 4) is 5.75 Å². The lowest BCUT2D eigenvalue weighted by Crippen LogP contribution is -2.37. The smallest absolute Gasteiger partial charge is 0.337 e. The summed E-state index contributed by atoms with van der Waals surface area (Å²) in [6.45, 7) is 3.48. The van der Waals surface area contributed by atoms with Gasteiger partial charge in [-0.05, 0) is 48.0 Å². The van der Waals surface area contributed by atoms with Gasteiger partial charge >= 0.3 is 5.97 Å². The fraction of sp³-hybridized carbons (Fsp3) is 0.240. The molecule has 172 valence electrons. The Labute approximate surface area is 202 Å². The molecule has 0 atom stereocenters. The predicted molar refractivity (Wildman–Crippen MR) is 131 cm³/mol. The Morgan fingerprint density at radius 2 is 1.79 bits per heavy atom. The summed E-state index contributed by atoms with van der Waals surface area (Å²) in [6, 6.07) is 18.5. The molecule has 0 bridgehead atoms. The molecule has 1 saturated heterocycles. The van der Waals surface area contributed by atoms with Crippen LogP contribution < -0.4 is 15.0 Å². The number of carboxylic acids is 1. The molecule has 33 heavy (non-hydrogen) atoms. The zero-order chi connectivity index (χ0) is 23.2. The van der Waals surface area contributed by atoms with Gasteiger partial charge < -0.3 is 24.8 Å². The van der Waals surface area contributed by atoms with Crippen molar-refractivity contribution in [1.29, 1.82) is 0 Å². The van der Waals surface area contributed by atoms with Crippen molar-refractivity contribution in [1.82, 2.24) is 0 Å². The maximum Gasteiger partial charge on any atom is 0.337 e. The zero-order valence-electron chi connectivity index (χ0n) is 17.9. The van der Waals surface area contributed by atoms with Crippen molar-refractivity contribution >= 4 is 40.5 Å². The number of hydrogen-bond acceptors (Lipinski definition) is 5. The summed E-state index contributed by atoms with van der Waals surface area (Å²) >= 11 is 12.1. The Kier molecular flexibility index (Phi) is 7.60. The van der Waals surface area contributed by atoms with E-state index in [1.807, 2.05) is 47.4 Å². The number of rotatable bonds is 8. The van der Waals surface area contributed by atoms with Crippen LogP contribution >= 0.6 is 23.2 Å². The van der Waals surface area contributed by atoms with Crippen LogP contribution in [-0.4, -0.2) is 37.4 Å². The van der Waals surface area contributed by atoms with E-state index in [0.29, 0.717) is 49.5 Å². The van der Waals surface area contributed by atoms with Crippen molar-refractivity contribution in [2.75, 3.05) is 36.5 Å². The van der Waals surface area contributed by atoms with Gasteiger partial charge in [-0.15, -0.1) is 0 Å². The number of aromatic carboxylic acids is 1. The molecule has 0 radical (unpaired) electrons. The fourth-order valence-corrected chi connectivity index (χ4v) is 4.07. The third-order valence-electron chi connectivity index (χ3n) is 5.41. The second-order valence-electron chi connectivity index (χ2n) is 7.66. The summed E-state index contributed by atoms with van der Waals surface area (Å²) in [6.07, 6.45) is 0. The highest BCUT2D eigenvalue weighted by Crippen LogP contribution is 2.26. The second kappa shape index (κ2) is 10.8. The van der Waals surface area contributed by atoms with Crippen molar-refractivity contribution in [2.24, 2.45) is 0 Å². The highest BCUT2D eigenvalue weighted by atomic mass is 35.5. The Morgan fingerprint density at radius 3 is 2.48 bits per heavy atom. The number of nitrogens with one attached hydrogen (secondary N) is 1. The van der Waals surface area contributed by atoms with Crippen molar-refractivity contribution in [3.05, 3.63) is 87.4 Å². The van der Waals surface area contributed by atoms with Crippen LogP contribution in [-0.2, 0) is 17.9 Å². The van der Waals surface area contributed by atoms with Gasteiger partial charge in [-0.3, -0.25) is 0 Å². The summed E-state index contributed by atoms with van der Waals surface area (Å²) in [5.41, 5.74) is 3.66. The third kappa shape index (κ3) is 6.11. The minimum atomic E-state index is -0.942. The van der Waals surface area contributed by atoms with Crippen LogP contribution in [0.4, 0.5) is 11.4 Å². The van der Waals surface area contributed by atoms with Crippen LogP contribution in [0.15, 0.2) is 60.7 Å². The monoisotopic (exact) mass is 486 g/mol. The Morgan fingerprint density at radius 1 is 1.03 bits per heavy atom. The van der Waals surface area contributed by atoms with Crippen LogP contribution in [0.25, 0.3) is 0 Å². The van der Waals surface area contributed by atoms with E-state index in [1.165, 1.54) is 0 Å². The highest BCUT2D eigenvalue weighted by Gasteiger charge is 2.19. The number of ether oxygens (including phenoxy) is 2. The molecule has 0 unspecified atom stereocenters. The van der Waals surface area contributed by atoms with Gasteiger partial charge in [0.2, 0.25) is 0 Å². The predicted octanol–water partition coefficient (Wildman–Crippen LogP) is 5.72. The molecule has 0 spiro atoms. The lowest BCUT2D eigenvalue weighted by molar-refractivity contribution is 0.0696. The summed E-state index contributed by atoms with van der Waals surface area (Å²) < 4.78 is 11.2. The molecule has 8 heteroatoms. The Balaban J connectivity index is 1.35. The molecule has 0 aliphatic carbocycles. The van der Waals surface area contributed by atoms with Crippen LogP contribution in [0.3, 0.4) is 0 Å². The molecular formula is C25H24Cl2N2O4. The van der Waals surface area contributed by atoms with E-state index in [0.717, 1.165) is 28.3 Å². The van der Waals surface area contributed by atoms with Crippen LogP contribution in [0.1, 0.15) is 21.5 Å². The molecule has 3 aromatic carbocycles. The maximum absolute atomic E-state index is 11.8. The van der Waals surface area contributed by atoms with E-state index in [1.54, 1.807) is 18.2 Å². The number of anilines is 2. The summed E-state index contributed by atoms with van der Waals surface area (Å²) in [4.78, 5) is 13.9. The molecule has 1 heterocycles. The maximum atomic E-state index is 11.8. The largest absolute Gasteiger partial charge is 0.489 e. The van der Waals surface area contributed by atoms with Crippen LogP contribution in [0, 0.1) is 0 Å². The van der Waals surface area contributed by atoms with E-state index in [2.05, 4.69) is 5.32 Å². The number of benzene rings is 3. The first-order valence-corrected chi connectivity index (χ1v) is 11.3. The van der Waals surface area contributed by atoms with Crippen molar-refractivity contribution in [3.63, 3.8) is 0 Å². The van der Waals surface area contributed by atoms with E-state index in [-0.39, 0.29) is 5.56 Å². The van der Waals surface area contributed by atoms with Gasteiger partial charge in [0.05, 0.1) is 24.5 Å². The molecule has 2 N–H and O–H groups in total. The van der Waals surface area contributed by atoms with E-state index >= 15 is 0 Å². The van der Waals surface area contributed by atoms with E-state index < -0.39 is 5.97 Å². The normalized spacial score (nSPS) is 13.6. The first kappa shape index (κ1) is 23.2. The second-order valence-corrected chi connectivity index (χ2v) is 8.50. The van der Waals surface area contributed by atoms with E-state index in [4.69, 9.17) is 32.7 Å². The van der Waals surface area contributed by atoms with Gasteiger partial charge in [0.25, 0.3) is 0 Å². The van der Waals surface area contributed by atoms with Crippen molar-refractivity contribution < 1.29 is 19.4 Å². The lowest BCUT2D eigenvalue weighted by atomic mass is 10.1. The lowest BCUT2D eigenvalue weighted by Gasteiger charge is -2.30. The number of carboxylic acid groups (broad SMARTS) is 1. The average molecular weight is 487 g/mol. The molecule has 1 fully saturated rings. The van der Waals surface area contributed by atoms with Gasteiger partial charge in [0.1, 0.15) is 12.4 Å². The van der Waals surface area contributed by atoms with Gasteiger partial charge in [-0.25, -0.2) is 4.79 Å². The molecular weight excluding hydrogens is 463 g/mol. The molecule has 1 aliphatic rings. The molecule has 0 saturated carbocycles. The topological polar surface area (TPSA) is 71.0 Å². The van der Waals surface area contributed by atoms with Gasteiger partial charge in [-0.2, -0.15) is 0 Å². The van der Waals surface area contributed by atoms with E-state index in [9.17, 15) is 9.90 Å². The standard InChI is InChI=1S/C25H24Cl2N2O4/c26-19-4-3-18(23(27)13-19)16-33-21-6-1-17(2-7-21)15-28-20-5-8-24(22(14-20)25(30)31)29-9-11-32-12-10-29/h1-8,13-14,28H,9-12,15-16H2,(H,30,31). The number of carbonyl (C=O) groups is 1. The third-order valence-corrected chi connectivity index (χ3v) is 6.00.